The van der Waals surface area contributed by atoms with Gasteiger partial charge in [-0.15, -0.1) is 0 Å². The van der Waals surface area contributed by atoms with Gasteiger partial charge in [-0.2, -0.15) is 0 Å². The van der Waals surface area contributed by atoms with Crippen molar-refractivity contribution in [3.05, 3.63) is 0 Å². The maximum atomic E-state index is 11.9. The van der Waals surface area contributed by atoms with Crippen LogP contribution in [0.3, 0.4) is 0 Å². The zero-order chi connectivity index (χ0) is 12.7. The normalized spacial score (nSPS) is 26.5. The van der Waals surface area contributed by atoms with Crippen molar-refractivity contribution >= 4 is 5.91 Å². The Kier molecular flexibility index (Phi) is 6.56. The molecule has 1 rings (SSSR count). The van der Waals surface area contributed by atoms with Gasteiger partial charge in [0.25, 0.3) is 0 Å². The average Bonchev–Trinajstić information content (AvgIpc) is 2.34. The molecule has 1 amide bonds. The molecule has 17 heavy (non-hydrogen) atoms. The number of rotatable bonds is 6. The Balaban J connectivity index is 2.22. The number of piperidine rings is 1. The predicted molar refractivity (Wildman–Crippen MR) is 71.8 cm³/mol. The van der Waals surface area contributed by atoms with Crippen molar-refractivity contribution in [1.29, 1.82) is 0 Å². The van der Waals surface area contributed by atoms with Crippen LogP contribution in [0.2, 0.25) is 0 Å². The summed E-state index contributed by atoms with van der Waals surface area (Å²) in [6.07, 6.45) is 4.56. The molecular weight excluding hydrogens is 212 g/mol. The molecule has 0 aliphatic carbocycles. The Hall–Kier alpha value is -0.570. The van der Waals surface area contributed by atoms with Gasteiger partial charge in [0.05, 0.1) is 0 Å². The van der Waals surface area contributed by atoms with Crippen LogP contribution in [0, 0.1) is 17.8 Å². The van der Waals surface area contributed by atoms with Crippen LogP contribution in [-0.4, -0.2) is 25.5 Å². The minimum absolute atomic E-state index is 0.168. The minimum Gasteiger partial charge on any atom is -0.356 e. The Labute approximate surface area is 106 Å². The molecule has 1 saturated heterocycles. The number of carbonyl (C=O) groups is 1. The fourth-order valence-corrected chi connectivity index (χ4v) is 2.37. The van der Waals surface area contributed by atoms with Gasteiger partial charge in [-0.25, -0.2) is 0 Å². The SMILES string of the molecule is CCCCC(C)C(=O)NCC1CNCCC1C. The summed E-state index contributed by atoms with van der Waals surface area (Å²) in [6, 6.07) is 0. The van der Waals surface area contributed by atoms with E-state index >= 15 is 0 Å². The molecule has 0 aromatic heterocycles. The Morgan fingerprint density at radius 2 is 2.29 bits per heavy atom. The second kappa shape index (κ2) is 7.70. The smallest absolute Gasteiger partial charge is 0.222 e. The maximum Gasteiger partial charge on any atom is 0.222 e. The van der Waals surface area contributed by atoms with E-state index in [0.717, 1.165) is 38.4 Å². The lowest BCUT2D eigenvalue weighted by Gasteiger charge is -2.30. The van der Waals surface area contributed by atoms with Gasteiger partial charge in [0.2, 0.25) is 5.91 Å². The van der Waals surface area contributed by atoms with Crippen molar-refractivity contribution < 1.29 is 4.79 Å². The Morgan fingerprint density at radius 3 is 2.94 bits per heavy atom. The summed E-state index contributed by atoms with van der Waals surface area (Å²) >= 11 is 0. The first-order chi connectivity index (χ1) is 8.15. The van der Waals surface area contributed by atoms with E-state index in [1.807, 2.05) is 6.92 Å². The highest BCUT2D eigenvalue weighted by Crippen LogP contribution is 2.17. The van der Waals surface area contributed by atoms with Crippen molar-refractivity contribution in [2.45, 2.75) is 46.5 Å². The van der Waals surface area contributed by atoms with E-state index in [0.29, 0.717) is 5.92 Å². The van der Waals surface area contributed by atoms with Gasteiger partial charge in [-0.05, 0) is 37.8 Å². The highest BCUT2D eigenvalue weighted by molar-refractivity contribution is 5.78. The average molecular weight is 240 g/mol. The van der Waals surface area contributed by atoms with Gasteiger partial charge in [0.15, 0.2) is 0 Å². The number of nitrogens with one attached hydrogen (secondary N) is 2. The number of unbranched alkanes of at least 4 members (excludes halogenated alkanes) is 1. The van der Waals surface area contributed by atoms with E-state index in [4.69, 9.17) is 0 Å². The summed E-state index contributed by atoms with van der Waals surface area (Å²) in [6.45, 7) is 9.50. The van der Waals surface area contributed by atoms with Crippen LogP contribution in [0.4, 0.5) is 0 Å². The number of amides is 1. The second-order valence-electron chi connectivity index (χ2n) is 5.52. The van der Waals surface area contributed by atoms with Crippen LogP contribution < -0.4 is 10.6 Å². The van der Waals surface area contributed by atoms with Crippen molar-refractivity contribution in [2.75, 3.05) is 19.6 Å². The number of hydrogen-bond acceptors (Lipinski definition) is 2. The highest BCUT2D eigenvalue weighted by Gasteiger charge is 2.22. The lowest BCUT2D eigenvalue weighted by Crippen LogP contribution is -2.43. The summed E-state index contributed by atoms with van der Waals surface area (Å²) in [5.41, 5.74) is 0. The van der Waals surface area contributed by atoms with Crippen molar-refractivity contribution in [1.82, 2.24) is 10.6 Å². The van der Waals surface area contributed by atoms with Crippen LogP contribution in [0.15, 0.2) is 0 Å². The highest BCUT2D eigenvalue weighted by atomic mass is 16.1. The maximum absolute atomic E-state index is 11.9. The van der Waals surface area contributed by atoms with Crippen LogP contribution in [0.25, 0.3) is 0 Å². The molecule has 2 N–H and O–H groups in total. The lowest BCUT2D eigenvalue weighted by atomic mass is 9.88. The fourth-order valence-electron chi connectivity index (χ4n) is 2.37. The molecule has 100 valence electrons. The first-order valence-electron chi connectivity index (χ1n) is 7.13. The molecule has 1 fully saturated rings. The minimum atomic E-state index is 0.168. The van der Waals surface area contributed by atoms with E-state index in [2.05, 4.69) is 24.5 Å². The third-order valence-electron chi connectivity index (χ3n) is 3.96. The first kappa shape index (κ1) is 14.5. The molecule has 3 nitrogen and oxygen atoms in total. The van der Waals surface area contributed by atoms with E-state index in [-0.39, 0.29) is 11.8 Å². The van der Waals surface area contributed by atoms with Crippen molar-refractivity contribution in [3.63, 3.8) is 0 Å². The summed E-state index contributed by atoms with van der Waals surface area (Å²) in [5, 5.41) is 6.51. The molecule has 3 heteroatoms. The fraction of sp³-hybridized carbons (Fsp3) is 0.929. The molecule has 1 heterocycles. The Bertz CT molecular complexity index is 230. The van der Waals surface area contributed by atoms with E-state index < -0.39 is 0 Å². The number of carbonyl (C=O) groups excluding carboxylic acids is 1. The van der Waals surface area contributed by atoms with Crippen LogP contribution in [-0.2, 0) is 4.79 Å². The van der Waals surface area contributed by atoms with Crippen molar-refractivity contribution in [3.8, 4) is 0 Å². The van der Waals surface area contributed by atoms with E-state index in [9.17, 15) is 4.79 Å². The molecule has 3 unspecified atom stereocenters. The quantitative estimate of drug-likeness (QED) is 0.747. The molecule has 0 radical (unpaired) electrons. The van der Waals surface area contributed by atoms with Gasteiger partial charge in [-0.1, -0.05) is 33.6 Å². The summed E-state index contributed by atoms with van der Waals surface area (Å²) in [7, 11) is 0. The zero-order valence-electron chi connectivity index (χ0n) is 11.6. The van der Waals surface area contributed by atoms with Crippen LogP contribution >= 0.6 is 0 Å². The number of hydrogen-bond donors (Lipinski definition) is 2. The molecule has 0 spiro atoms. The van der Waals surface area contributed by atoms with E-state index in [1.54, 1.807) is 0 Å². The van der Waals surface area contributed by atoms with Gasteiger partial charge in [0, 0.05) is 12.5 Å². The van der Waals surface area contributed by atoms with Gasteiger partial charge in [-0.3, -0.25) is 4.79 Å². The summed E-state index contributed by atoms with van der Waals surface area (Å²) in [4.78, 5) is 11.9. The van der Waals surface area contributed by atoms with Gasteiger partial charge >= 0.3 is 0 Å². The molecule has 1 aliphatic heterocycles. The largest absolute Gasteiger partial charge is 0.356 e. The monoisotopic (exact) mass is 240 g/mol. The predicted octanol–water partition coefficient (Wildman–Crippen LogP) is 2.17. The molecule has 3 atom stereocenters. The molecule has 1 aliphatic rings. The van der Waals surface area contributed by atoms with Gasteiger partial charge < -0.3 is 10.6 Å². The standard InChI is InChI=1S/C14H28N2O/c1-4-5-6-12(3)14(17)16-10-13-9-15-8-7-11(13)2/h11-13,15H,4-10H2,1-3H3,(H,16,17). The topological polar surface area (TPSA) is 41.1 Å². The molecule has 0 aromatic carbocycles. The second-order valence-corrected chi connectivity index (χ2v) is 5.52. The van der Waals surface area contributed by atoms with E-state index in [1.165, 1.54) is 12.8 Å². The molecular formula is C14H28N2O. The molecule has 0 aromatic rings. The van der Waals surface area contributed by atoms with Crippen LogP contribution in [0.1, 0.15) is 46.5 Å². The van der Waals surface area contributed by atoms with Crippen molar-refractivity contribution in [2.24, 2.45) is 17.8 Å². The third kappa shape index (κ3) is 5.07. The summed E-state index contributed by atoms with van der Waals surface area (Å²) < 4.78 is 0. The summed E-state index contributed by atoms with van der Waals surface area (Å²) in [5.74, 6) is 1.73. The first-order valence-corrected chi connectivity index (χ1v) is 7.13. The lowest BCUT2D eigenvalue weighted by molar-refractivity contribution is -0.125. The van der Waals surface area contributed by atoms with Gasteiger partial charge in [0.1, 0.15) is 0 Å². The molecule has 0 bridgehead atoms. The third-order valence-corrected chi connectivity index (χ3v) is 3.96. The molecule has 0 saturated carbocycles. The zero-order valence-corrected chi connectivity index (χ0v) is 11.6. The Morgan fingerprint density at radius 1 is 1.53 bits per heavy atom. The van der Waals surface area contributed by atoms with Crippen LogP contribution in [0.5, 0.6) is 0 Å².